The van der Waals surface area contributed by atoms with Crippen molar-refractivity contribution in [2.75, 3.05) is 25.6 Å². The molecule has 0 N–H and O–H groups in total. The number of fused-ring (bicyclic) bond motifs is 1. The van der Waals surface area contributed by atoms with E-state index >= 15 is 0 Å². The van der Waals surface area contributed by atoms with Crippen molar-refractivity contribution in [3.8, 4) is 5.75 Å². The number of ether oxygens (including phenoxy) is 1. The van der Waals surface area contributed by atoms with Crippen molar-refractivity contribution in [2.24, 2.45) is 0 Å². The Morgan fingerprint density at radius 3 is 2.67 bits per heavy atom. The molecule has 0 aliphatic heterocycles. The fourth-order valence-corrected chi connectivity index (χ4v) is 2.32. The molecule has 108 valence electrons. The van der Waals surface area contributed by atoms with Crippen LogP contribution in [0.3, 0.4) is 0 Å². The zero-order chi connectivity index (χ0) is 14.7. The molecule has 2 aromatic carbocycles. The zero-order valence-corrected chi connectivity index (χ0v) is 12.2. The van der Waals surface area contributed by atoms with Gasteiger partial charge in [-0.1, -0.05) is 30.3 Å². The molecule has 0 spiro atoms. The van der Waals surface area contributed by atoms with Crippen molar-refractivity contribution in [3.63, 3.8) is 0 Å². The fourth-order valence-electron chi connectivity index (χ4n) is 2.32. The van der Waals surface area contributed by atoms with E-state index in [-0.39, 0.29) is 0 Å². The number of methoxy groups -OCH3 is 1. The summed E-state index contributed by atoms with van der Waals surface area (Å²) in [6.07, 6.45) is 0.874. The predicted octanol–water partition coefficient (Wildman–Crippen LogP) is 3.52. The van der Waals surface area contributed by atoms with Crippen molar-refractivity contribution in [2.45, 2.75) is 6.42 Å². The molecule has 4 nitrogen and oxygen atoms in total. The van der Waals surface area contributed by atoms with E-state index in [1.807, 2.05) is 54.4 Å². The second-order valence-electron chi connectivity index (χ2n) is 4.95. The highest BCUT2D eigenvalue weighted by Crippen LogP contribution is 2.22. The van der Waals surface area contributed by atoms with Crippen LogP contribution in [0.1, 0.15) is 5.56 Å². The second-order valence-corrected chi connectivity index (χ2v) is 4.95. The van der Waals surface area contributed by atoms with Gasteiger partial charge in [0.1, 0.15) is 11.3 Å². The maximum atomic E-state index is 5.76. The molecule has 0 radical (unpaired) electrons. The van der Waals surface area contributed by atoms with E-state index in [0.717, 1.165) is 29.8 Å². The summed E-state index contributed by atoms with van der Waals surface area (Å²) in [5, 5.41) is 0. The second kappa shape index (κ2) is 5.87. The van der Waals surface area contributed by atoms with Gasteiger partial charge in [-0.15, -0.1) is 0 Å². The molecule has 0 aliphatic carbocycles. The number of nitrogens with zero attached hydrogens (tertiary/aromatic N) is 2. The van der Waals surface area contributed by atoms with Gasteiger partial charge in [-0.2, -0.15) is 4.98 Å². The third-order valence-electron chi connectivity index (χ3n) is 3.52. The summed E-state index contributed by atoms with van der Waals surface area (Å²) in [4.78, 5) is 6.52. The van der Waals surface area contributed by atoms with Crippen LogP contribution in [-0.2, 0) is 6.42 Å². The molecule has 0 fully saturated rings. The number of rotatable bonds is 5. The highest BCUT2D eigenvalue weighted by atomic mass is 16.5. The van der Waals surface area contributed by atoms with Gasteiger partial charge in [0.15, 0.2) is 5.58 Å². The number of hydrogen-bond acceptors (Lipinski definition) is 4. The first-order valence-electron chi connectivity index (χ1n) is 6.96. The molecule has 1 heterocycles. The fraction of sp³-hybridized carbons (Fsp3) is 0.235. The topological polar surface area (TPSA) is 38.5 Å². The van der Waals surface area contributed by atoms with Gasteiger partial charge in [0.25, 0.3) is 6.01 Å². The summed E-state index contributed by atoms with van der Waals surface area (Å²) in [5.41, 5.74) is 2.89. The Bertz CT molecular complexity index is 703. The molecule has 0 aliphatic rings. The Morgan fingerprint density at radius 2 is 1.86 bits per heavy atom. The lowest BCUT2D eigenvalue weighted by atomic mass is 10.1. The molecule has 3 aromatic rings. The molecule has 0 atom stereocenters. The normalized spacial score (nSPS) is 10.8. The van der Waals surface area contributed by atoms with Crippen molar-refractivity contribution < 1.29 is 9.15 Å². The Morgan fingerprint density at radius 1 is 1.10 bits per heavy atom. The molecule has 0 bridgehead atoms. The highest BCUT2D eigenvalue weighted by molar-refractivity contribution is 5.74. The predicted molar refractivity (Wildman–Crippen MR) is 84.0 cm³/mol. The number of para-hydroxylation sites is 3. The Balaban J connectivity index is 1.72. The summed E-state index contributed by atoms with van der Waals surface area (Å²) in [6, 6.07) is 16.5. The van der Waals surface area contributed by atoms with Crippen LogP contribution in [0.5, 0.6) is 5.75 Å². The van der Waals surface area contributed by atoms with Crippen LogP contribution in [0, 0.1) is 0 Å². The molecule has 21 heavy (non-hydrogen) atoms. The summed E-state index contributed by atoms with van der Waals surface area (Å²) in [5.74, 6) is 0.920. The number of benzene rings is 2. The molecule has 0 amide bonds. The largest absolute Gasteiger partial charge is 0.496 e. The molecular formula is C17H18N2O2. The van der Waals surface area contributed by atoms with E-state index in [1.54, 1.807) is 7.11 Å². The van der Waals surface area contributed by atoms with Crippen LogP contribution in [0.4, 0.5) is 6.01 Å². The zero-order valence-electron chi connectivity index (χ0n) is 12.2. The first kappa shape index (κ1) is 13.5. The van der Waals surface area contributed by atoms with Crippen molar-refractivity contribution in [1.29, 1.82) is 0 Å². The third-order valence-corrected chi connectivity index (χ3v) is 3.52. The van der Waals surface area contributed by atoms with Crippen LogP contribution >= 0.6 is 0 Å². The van der Waals surface area contributed by atoms with Gasteiger partial charge in [-0.3, -0.25) is 0 Å². The van der Waals surface area contributed by atoms with Gasteiger partial charge < -0.3 is 14.1 Å². The lowest BCUT2D eigenvalue weighted by molar-refractivity contribution is 0.409. The lowest BCUT2D eigenvalue weighted by Crippen LogP contribution is -2.20. The number of hydrogen-bond donors (Lipinski definition) is 0. The smallest absolute Gasteiger partial charge is 0.298 e. The molecule has 0 saturated carbocycles. The maximum Gasteiger partial charge on any atom is 0.298 e. The van der Waals surface area contributed by atoms with Crippen molar-refractivity contribution in [3.05, 3.63) is 54.1 Å². The first-order chi connectivity index (χ1) is 10.3. The average molecular weight is 282 g/mol. The summed E-state index contributed by atoms with van der Waals surface area (Å²) < 4.78 is 11.1. The molecule has 0 saturated heterocycles. The van der Waals surface area contributed by atoms with Gasteiger partial charge in [0, 0.05) is 13.6 Å². The Labute approximate surface area is 124 Å². The molecule has 1 aromatic heterocycles. The standard InChI is InChI=1S/C17H18N2O2/c1-19(12-11-13-7-3-5-9-15(13)20-2)17-18-14-8-4-6-10-16(14)21-17/h3-10H,11-12H2,1-2H3. The van der Waals surface area contributed by atoms with Crippen LogP contribution in [0.15, 0.2) is 52.9 Å². The van der Waals surface area contributed by atoms with Crippen molar-refractivity contribution in [1.82, 2.24) is 4.98 Å². The molecule has 4 heteroatoms. The Kier molecular flexibility index (Phi) is 3.77. The quantitative estimate of drug-likeness (QED) is 0.717. The summed E-state index contributed by atoms with van der Waals surface area (Å²) in [7, 11) is 3.68. The number of anilines is 1. The van der Waals surface area contributed by atoms with E-state index < -0.39 is 0 Å². The third kappa shape index (κ3) is 2.84. The van der Waals surface area contributed by atoms with Crippen LogP contribution in [-0.4, -0.2) is 25.7 Å². The molecular weight excluding hydrogens is 264 g/mol. The molecule has 0 unspecified atom stereocenters. The van der Waals surface area contributed by atoms with Crippen LogP contribution < -0.4 is 9.64 Å². The lowest BCUT2D eigenvalue weighted by Gasteiger charge is -2.15. The van der Waals surface area contributed by atoms with E-state index in [0.29, 0.717) is 6.01 Å². The highest BCUT2D eigenvalue weighted by Gasteiger charge is 2.11. The van der Waals surface area contributed by atoms with Gasteiger partial charge in [0.05, 0.1) is 7.11 Å². The number of likely N-dealkylation sites (N-methyl/N-ethyl adjacent to an activating group) is 1. The monoisotopic (exact) mass is 282 g/mol. The molecule has 3 rings (SSSR count). The van der Waals surface area contributed by atoms with E-state index in [4.69, 9.17) is 9.15 Å². The minimum atomic E-state index is 0.645. The minimum Gasteiger partial charge on any atom is -0.496 e. The van der Waals surface area contributed by atoms with E-state index in [2.05, 4.69) is 11.1 Å². The first-order valence-corrected chi connectivity index (χ1v) is 6.96. The minimum absolute atomic E-state index is 0.645. The van der Waals surface area contributed by atoms with Gasteiger partial charge in [-0.05, 0) is 30.2 Å². The van der Waals surface area contributed by atoms with Gasteiger partial charge in [-0.25, -0.2) is 0 Å². The van der Waals surface area contributed by atoms with Gasteiger partial charge in [0.2, 0.25) is 0 Å². The van der Waals surface area contributed by atoms with E-state index in [1.165, 1.54) is 5.56 Å². The number of oxazole rings is 1. The Hall–Kier alpha value is -2.49. The maximum absolute atomic E-state index is 5.76. The average Bonchev–Trinajstić information content (AvgIpc) is 2.97. The summed E-state index contributed by atoms with van der Waals surface area (Å²) >= 11 is 0. The van der Waals surface area contributed by atoms with Crippen LogP contribution in [0.25, 0.3) is 11.1 Å². The van der Waals surface area contributed by atoms with Crippen molar-refractivity contribution >= 4 is 17.1 Å². The SMILES string of the molecule is COc1ccccc1CCN(C)c1nc2ccccc2o1. The van der Waals surface area contributed by atoms with Gasteiger partial charge >= 0.3 is 0 Å². The van der Waals surface area contributed by atoms with Crippen LogP contribution in [0.2, 0.25) is 0 Å². The number of aromatic nitrogens is 1. The summed E-state index contributed by atoms with van der Waals surface area (Å²) in [6.45, 7) is 0.813. The van der Waals surface area contributed by atoms with E-state index in [9.17, 15) is 0 Å².